The van der Waals surface area contributed by atoms with Gasteiger partial charge in [0.25, 0.3) is 0 Å². The molecule has 2 aromatic rings. The Bertz CT molecular complexity index is 833. The number of amides is 1. The monoisotopic (exact) mass is 378 g/mol. The summed E-state index contributed by atoms with van der Waals surface area (Å²) >= 11 is 0. The van der Waals surface area contributed by atoms with Gasteiger partial charge in [-0.25, -0.2) is 4.79 Å². The zero-order valence-electron chi connectivity index (χ0n) is 15.0. The van der Waals surface area contributed by atoms with Gasteiger partial charge in [0.1, 0.15) is 0 Å². The summed E-state index contributed by atoms with van der Waals surface area (Å²) < 4.78 is 38.9. The molecular weight excluding hydrogens is 357 g/mol. The average molecular weight is 378 g/mol. The van der Waals surface area contributed by atoms with Crippen molar-refractivity contribution >= 4 is 6.03 Å². The Morgan fingerprint density at radius 2 is 1.89 bits per heavy atom. The molecule has 0 spiro atoms. The molecule has 144 valence electrons. The number of aromatic nitrogens is 2. The lowest BCUT2D eigenvalue weighted by Gasteiger charge is -2.21. The Hall–Kier alpha value is -2.35. The van der Waals surface area contributed by atoms with Gasteiger partial charge in [-0.3, -0.25) is 4.90 Å². The summed E-state index contributed by atoms with van der Waals surface area (Å²) in [7, 11) is 0. The molecule has 2 saturated heterocycles. The summed E-state index contributed by atoms with van der Waals surface area (Å²) in [6.07, 6.45) is -3.03. The molecule has 0 radical (unpaired) electrons. The number of carbonyl (C=O) groups excluding carboxylic acids is 1. The van der Waals surface area contributed by atoms with E-state index in [2.05, 4.69) is 41.2 Å². The quantitative estimate of drug-likeness (QED) is 0.806. The van der Waals surface area contributed by atoms with Crippen molar-refractivity contribution in [3.63, 3.8) is 0 Å². The maximum atomic E-state index is 12.7. The zero-order valence-corrected chi connectivity index (χ0v) is 15.0. The molecule has 2 aliphatic rings. The number of nitrogens with zero attached hydrogens (tertiary/aromatic N) is 4. The lowest BCUT2D eigenvalue weighted by molar-refractivity contribution is -0.137. The predicted molar refractivity (Wildman–Crippen MR) is 93.0 cm³/mol. The lowest BCUT2D eigenvalue weighted by Crippen LogP contribution is -2.36. The van der Waals surface area contributed by atoms with E-state index >= 15 is 0 Å². The molecule has 2 aliphatic heterocycles. The van der Waals surface area contributed by atoms with Crippen LogP contribution in [0.25, 0.3) is 0 Å². The van der Waals surface area contributed by atoms with E-state index < -0.39 is 17.8 Å². The van der Waals surface area contributed by atoms with E-state index in [0.717, 1.165) is 30.5 Å². The third-order valence-electron chi connectivity index (χ3n) is 5.43. The first kappa shape index (κ1) is 18.0. The highest BCUT2D eigenvalue weighted by Crippen LogP contribution is 2.33. The van der Waals surface area contributed by atoms with Crippen LogP contribution in [-0.2, 0) is 12.7 Å². The number of fused-ring (bicyclic) bond motifs is 1. The number of carbonyl (C=O) groups is 1. The van der Waals surface area contributed by atoms with Crippen molar-refractivity contribution < 1.29 is 18.0 Å². The Morgan fingerprint density at radius 3 is 2.48 bits per heavy atom. The number of halogens is 3. The van der Waals surface area contributed by atoms with E-state index in [1.807, 2.05) is 0 Å². The maximum absolute atomic E-state index is 12.7. The van der Waals surface area contributed by atoms with Crippen LogP contribution in [0.2, 0.25) is 0 Å². The van der Waals surface area contributed by atoms with Crippen LogP contribution >= 0.6 is 0 Å². The van der Waals surface area contributed by atoms with E-state index in [9.17, 15) is 18.0 Å². The Morgan fingerprint density at radius 1 is 1.19 bits per heavy atom. The molecule has 2 atom stereocenters. The predicted octanol–water partition coefficient (Wildman–Crippen LogP) is 3.24. The van der Waals surface area contributed by atoms with Gasteiger partial charge in [-0.15, -0.1) is 0 Å². The average Bonchev–Trinajstić information content (AvgIpc) is 3.27. The largest absolute Gasteiger partial charge is 0.419 e. The molecule has 4 rings (SSSR count). The van der Waals surface area contributed by atoms with Gasteiger partial charge >= 0.3 is 12.2 Å². The van der Waals surface area contributed by atoms with Gasteiger partial charge in [-0.1, -0.05) is 29.8 Å². The molecule has 5 nitrogen and oxygen atoms in total. The summed E-state index contributed by atoms with van der Waals surface area (Å²) in [5.74, 6) is 0.716. The second-order valence-electron chi connectivity index (χ2n) is 7.56. The van der Waals surface area contributed by atoms with Gasteiger partial charge in [-0.2, -0.15) is 23.0 Å². The van der Waals surface area contributed by atoms with Crippen molar-refractivity contribution in [2.45, 2.75) is 19.6 Å². The smallest absolute Gasteiger partial charge is 0.322 e. The molecule has 27 heavy (non-hydrogen) atoms. The van der Waals surface area contributed by atoms with Crippen LogP contribution in [0.1, 0.15) is 16.7 Å². The number of benzene rings is 1. The second kappa shape index (κ2) is 6.67. The molecule has 2 fully saturated rings. The van der Waals surface area contributed by atoms with E-state index in [1.54, 1.807) is 4.90 Å². The number of alkyl halides is 3. The van der Waals surface area contributed by atoms with Gasteiger partial charge in [0.15, 0.2) is 0 Å². The molecule has 0 saturated carbocycles. The van der Waals surface area contributed by atoms with Gasteiger partial charge in [0.05, 0.1) is 11.8 Å². The number of likely N-dealkylation sites (tertiary alicyclic amines) is 2. The fourth-order valence-electron chi connectivity index (χ4n) is 4.16. The third kappa shape index (κ3) is 3.71. The Labute approximate surface area is 155 Å². The zero-order chi connectivity index (χ0) is 19.2. The van der Waals surface area contributed by atoms with E-state index in [1.165, 1.54) is 11.1 Å². The lowest BCUT2D eigenvalue weighted by atomic mass is 10.0. The van der Waals surface area contributed by atoms with E-state index in [-0.39, 0.29) is 0 Å². The van der Waals surface area contributed by atoms with Crippen LogP contribution in [-0.4, -0.2) is 51.8 Å². The Kier molecular flexibility index (Phi) is 4.46. The van der Waals surface area contributed by atoms with Crippen molar-refractivity contribution in [1.82, 2.24) is 19.6 Å². The summed E-state index contributed by atoms with van der Waals surface area (Å²) in [5, 5.41) is 3.60. The number of hydrogen-bond acceptors (Lipinski definition) is 3. The highest BCUT2D eigenvalue weighted by atomic mass is 19.4. The first-order valence-corrected chi connectivity index (χ1v) is 8.98. The molecule has 0 N–H and O–H groups in total. The standard InChI is InChI=1S/C19H21F3N4O/c1-13-3-2-4-14(5-13)7-24-8-15-10-25(11-16(15)9-24)18(27)26-12-17(6-23-26)19(20,21)22/h2-6,12,15-16H,7-11H2,1H3. The molecule has 1 aromatic carbocycles. The molecule has 1 amide bonds. The molecule has 0 bridgehead atoms. The minimum atomic E-state index is -4.49. The van der Waals surface area contributed by atoms with Crippen LogP contribution < -0.4 is 0 Å². The summed E-state index contributed by atoms with van der Waals surface area (Å²) in [6, 6.07) is 7.95. The van der Waals surface area contributed by atoms with Crippen LogP contribution in [0.4, 0.5) is 18.0 Å². The van der Waals surface area contributed by atoms with Crippen molar-refractivity contribution in [3.05, 3.63) is 53.3 Å². The number of aryl methyl sites for hydroxylation is 1. The highest BCUT2D eigenvalue weighted by Gasteiger charge is 2.42. The van der Waals surface area contributed by atoms with Crippen molar-refractivity contribution in [2.75, 3.05) is 26.2 Å². The summed E-state index contributed by atoms with van der Waals surface area (Å²) in [6.45, 7) is 5.89. The molecule has 3 heterocycles. The van der Waals surface area contributed by atoms with Crippen LogP contribution in [0.3, 0.4) is 0 Å². The second-order valence-corrected chi connectivity index (χ2v) is 7.56. The van der Waals surface area contributed by atoms with Crippen molar-refractivity contribution in [1.29, 1.82) is 0 Å². The SMILES string of the molecule is Cc1cccc(CN2CC3CN(C(=O)n4cc(C(F)(F)F)cn4)CC3C2)c1. The molecule has 0 aliphatic carbocycles. The minimum absolute atomic E-state index is 0.358. The van der Waals surface area contributed by atoms with Crippen LogP contribution in [0.15, 0.2) is 36.7 Å². The third-order valence-corrected chi connectivity index (χ3v) is 5.43. The first-order valence-electron chi connectivity index (χ1n) is 8.98. The fraction of sp³-hybridized carbons (Fsp3) is 0.474. The van der Waals surface area contributed by atoms with Crippen LogP contribution in [0.5, 0.6) is 0 Å². The molecule has 2 unspecified atom stereocenters. The van der Waals surface area contributed by atoms with Crippen molar-refractivity contribution in [2.24, 2.45) is 11.8 Å². The van der Waals surface area contributed by atoms with Crippen LogP contribution in [0, 0.1) is 18.8 Å². The van der Waals surface area contributed by atoms with Gasteiger partial charge < -0.3 is 4.90 Å². The first-order chi connectivity index (χ1) is 12.8. The van der Waals surface area contributed by atoms with Crippen molar-refractivity contribution in [3.8, 4) is 0 Å². The summed E-state index contributed by atoms with van der Waals surface area (Å²) in [4.78, 5) is 16.5. The Balaban J connectivity index is 1.35. The topological polar surface area (TPSA) is 41.4 Å². The van der Waals surface area contributed by atoms with E-state index in [4.69, 9.17) is 0 Å². The fourth-order valence-corrected chi connectivity index (χ4v) is 4.16. The minimum Gasteiger partial charge on any atom is -0.322 e. The summed E-state index contributed by atoms with van der Waals surface area (Å²) in [5.41, 5.74) is 1.61. The highest BCUT2D eigenvalue weighted by molar-refractivity contribution is 5.76. The van der Waals surface area contributed by atoms with Gasteiger partial charge in [0.2, 0.25) is 0 Å². The maximum Gasteiger partial charge on any atom is 0.419 e. The van der Waals surface area contributed by atoms with E-state index in [0.29, 0.717) is 31.1 Å². The normalized spacial score (nSPS) is 23.0. The number of hydrogen-bond donors (Lipinski definition) is 0. The van der Waals surface area contributed by atoms with Gasteiger partial charge in [-0.05, 0) is 24.3 Å². The van der Waals surface area contributed by atoms with Gasteiger partial charge in [0, 0.05) is 38.9 Å². The number of rotatable bonds is 2. The molecular formula is C19H21F3N4O. The molecule has 8 heteroatoms. The molecule has 1 aromatic heterocycles.